The van der Waals surface area contributed by atoms with Crippen molar-refractivity contribution >= 4 is 11.8 Å². The van der Waals surface area contributed by atoms with Gasteiger partial charge in [0, 0.05) is 0 Å². The van der Waals surface area contributed by atoms with Gasteiger partial charge in [0.1, 0.15) is 12.4 Å². The number of carbonyl (C=O) groups is 1. The number of rotatable bonds is 5. The lowest BCUT2D eigenvalue weighted by atomic mass is 10.3. The highest BCUT2D eigenvalue weighted by Gasteiger charge is 2.05. The zero-order valence-corrected chi connectivity index (χ0v) is 9.43. The van der Waals surface area contributed by atoms with E-state index in [9.17, 15) is 4.79 Å². The second-order valence-corrected chi connectivity index (χ2v) is 3.56. The smallest absolute Gasteiger partial charge is 0.325 e. The first kappa shape index (κ1) is 12.4. The number of hydrogen-bond donors (Lipinski definition) is 2. The number of aliphatic hydroxyl groups is 1. The van der Waals surface area contributed by atoms with Crippen molar-refractivity contribution in [1.29, 1.82) is 0 Å². The number of aliphatic hydroxyl groups excluding tert-OH is 1. The number of aromatic nitrogens is 1. The van der Waals surface area contributed by atoms with Crippen LogP contribution in [0, 0.1) is 0 Å². The highest BCUT2D eigenvalue weighted by atomic mass is 16.5. The summed E-state index contributed by atoms with van der Waals surface area (Å²) in [4.78, 5) is 15.3. The third-order valence-electron chi connectivity index (χ3n) is 1.75. The Kier molecular flexibility index (Phi) is 4.72. The molecule has 0 bridgehead atoms. The molecule has 1 rings (SSSR count). The zero-order valence-electron chi connectivity index (χ0n) is 9.43. The van der Waals surface area contributed by atoms with Crippen LogP contribution in [0.25, 0.3) is 0 Å². The van der Waals surface area contributed by atoms with Crippen molar-refractivity contribution in [2.24, 2.45) is 0 Å². The number of hydrogen-bond acceptors (Lipinski definition) is 5. The number of anilines is 1. The molecule has 0 aromatic carbocycles. The van der Waals surface area contributed by atoms with Crippen molar-refractivity contribution in [1.82, 2.24) is 4.98 Å². The average molecular weight is 224 g/mol. The van der Waals surface area contributed by atoms with E-state index >= 15 is 0 Å². The number of ether oxygens (including phenoxy) is 1. The van der Waals surface area contributed by atoms with Gasteiger partial charge in [0.15, 0.2) is 0 Å². The Bertz CT molecular complexity index is 353. The molecule has 0 aliphatic carbocycles. The summed E-state index contributed by atoms with van der Waals surface area (Å²) in [5.74, 6) is 0.221. The molecule has 88 valence electrons. The fourth-order valence-corrected chi connectivity index (χ4v) is 1.13. The summed E-state index contributed by atoms with van der Waals surface area (Å²) in [6.07, 6.45) is -0.119. The van der Waals surface area contributed by atoms with Gasteiger partial charge in [0.05, 0.1) is 18.4 Å². The van der Waals surface area contributed by atoms with Gasteiger partial charge in [-0.15, -0.1) is 0 Å². The molecule has 0 aliphatic rings. The Labute approximate surface area is 94.5 Å². The van der Waals surface area contributed by atoms with E-state index in [1.54, 1.807) is 32.0 Å². The van der Waals surface area contributed by atoms with Gasteiger partial charge < -0.3 is 15.2 Å². The Balaban J connectivity index is 2.45. The van der Waals surface area contributed by atoms with E-state index < -0.39 is 0 Å². The summed E-state index contributed by atoms with van der Waals surface area (Å²) in [7, 11) is 0. The third-order valence-corrected chi connectivity index (χ3v) is 1.75. The van der Waals surface area contributed by atoms with E-state index in [1.165, 1.54) is 0 Å². The van der Waals surface area contributed by atoms with Crippen LogP contribution in [0.5, 0.6) is 0 Å². The van der Waals surface area contributed by atoms with Crippen molar-refractivity contribution in [3.63, 3.8) is 0 Å². The molecule has 0 amide bonds. The first-order chi connectivity index (χ1) is 7.61. The van der Waals surface area contributed by atoms with E-state index in [0.29, 0.717) is 11.5 Å². The quantitative estimate of drug-likeness (QED) is 0.728. The van der Waals surface area contributed by atoms with E-state index in [0.717, 1.165) is 0 Å². The minimum absolute atomic E-state index is 0.0695. The number of carbonyl (C=O) groups excluding carboxylic acids is 1. The maximum atomic E-state index is 11.2. The normalized spacial score (nSPS) is 10.2. The molecular formula is C11H16N2O3. The Morgan fingerprint density at radius 1 is 1.56 bits per heavy atom. The Hall–Kier alpha value is -1.62. The fraction of sp³-hybridized carbons (Fsp3) is 0.455. The second-order valence-electron chi connectivity index (χ2n) is 3.56. The molecule has 0 saturated heterocycles. The first-order valence-corrected chi connectivity index (χ1v) is 5.12. The van der Waals surface area contributed by atoms with Crippen LogP contribution in [0.15, 0.2) is 18.2 Å². The SMILES string of the molecule is CC(C)OC(=O)CNc1cccc(CO)n1. The van der Waals surface area contributed by atoms with Crippen LogP contribution < -0.4 is 5.32 Å². The molecule has 5 heteroatoms. The number of nitrogens with one attached hydrogen (secondary N) is 1. The van der Waals surface area contributed by atoms with Crippen LogP contribution in [-0.4, -0.2) is 28.7 Å². The highest BCUT2D eigenvalue weighted by Crippen LogP contribution is 2.04. The van der Waals surface area contributed by atoms with E-state index in [2.05, 4.69) is 10.3 Å². The van der Waals surface area contributed by atoms with Crippen LogP contribution in [0.4, 0.5) is 5.82 Å². The second kappa shape index (κ2) is 6.07. The van der Waals surface area contributed by atoms with Crippen LogP contribution >= 0.6 is 0 Å². The summed E-state index contributed by atoms with van der Waals surface area (Å²) in [5, 5.41) is 11.7. The summed E-state index contributed by atoms with van der Waals surface area (Å²) < 4.78 is 4.95. The molecule has 1 aromatic rings. The van der Waals surface area contributed by atoms with Crippen LogP contribution in [-0.2, 0) is 16.1 Å². The molecule has 2 N–H and O–H groups in total. The molecule has 0 radical (unpaired) electrons. The van der Waals surface area contributed by atoms with Gasteiger partial charge in [0.2, 0.25) is 0 Å². The molecule has 0 unspecified atom stereocenters. The predicted molar refractivity (Wildman–Crippen MR) is 59.9 cm³/mol. The van der Waals surface area contributed by atoms with Gasteiger partial charge in [-0.25, -0.2) is 4.98 Å². The molecular weight excluding hydrogens is 208 g/mol. The summed E-state index contributed by atoms with van der Waals surface area (Å²) in [6.45, 7) is 3.54. The van der Waals surface area contributed by atoms with Crippen molar-refractivity contribution in [2.75, 3.05) is 11.9 Å². The van der Waals surface area contributed by atoms with Gasteiger partial charge in [0.25, 0.3) is 0 Å². The molecule has 0 spiro atoms. The predicted octanol–water partition coefficient (Wildman–Crippen LogP) is 0.937. The lowest BCUT2D eigenvalue weighted by Gasteiger charge is -2.09. The fourth-order valence-electron chi connectivity index (χ4n) is 1.13. The Morgan fingerprint density at radius 2 is 2.31 bits per heavy atom. The lowest BCUT2D eigenvalue weighted by Crippen LogP contribution is -2.20. The number of esters is 1. The zero-order chi connectivity index (χ0) is 12.0. The van der Waals surface area contributed by atoms with Crippen molar-refractivity contribution < 1.29 is 14.6 Å². The van der Waals surface area contributed by atoms with E-state index in [-0.39, 0.29) is 25.2 Å². The third kappa shape index (κ3) is 4.27. The number of pyridine rings is 1. The van der Waals surface area contributed by atoms with Crippen molar-refractivity contribution in [3.8, 4) is 0 Å². The maximum absolute atomic E-state index is 11.2. The summed E-state index contributed by atoms with van der Waals surface area (Å²) >= 11 is 0. The van der Waals surface area contributed by atoms with Crippen LogP contribution in [0.2, 0.25) is 0 Å². The van der Waals surface area contributed by atoms with Gasteiger partial charge in [-0.2, -0.15) is 0 Å². The molecule has 0 atom stereocenters. The highest BCUT2D eigenvalue weighted by molar-refractivity contribution is 5.74. The van der Waals surface area contributed by atoms with Crippen molar-refractivity contribution in [2.45, 2.75) is 26.6 Å². The summed E-state index contributed by atoms with van der Waals surface area (Å²) in [6, 6.07) is 5.19. The van der Waals surface area contributed by atoms with Gasteiger partial charge in [-0.1, -0.05) is 6.07 Å². The van der Waals surface area contributed by atoms with Gasteiger partial charge in [-0.05, 0) is 26.0 Å². The van der Waals surface area contributed by atoms with Crippen LogP contribution in [0.1, 0.15) is 19.5 Å². The lowest BCUT2D eigenvalue weighted by molar-refractivity contribution is -0.145. The van der Waals surface area contributed by atoms with Gasteiger partial charge >= 0.3 is 5.97 Å². The van der Waals surface area contributed by atoms with Crippen molar-refractivity contribution in [3.05, 3.63) is 23.9 Å². The molecule has 0 aliphatic heterocycles. The molecule has 1 aromatic heterocycles. The minimum Gasteiger partial charge on any atom is -0.462 e. The maximum Gasteiger partial charge on any atom is 0.325 e. The summed E-state index contributed by atoms with van der Waals surface area (Å²) in [5.41, 5.74) is 0.558. The average Bonchev–Trinajstić information content (AvgIpc) is 2.26. The van der Waals surface area contributed by atoms with Gasteiger partial charge in [-0.3, -0.25) is 4.79 Å². The number of nitrogens with zero attached hydrogens (tertiary/aromatic N) is 1. The standard InChI is InChI=1S/C11H16N2O3/c1-8(2)16-11(15)6-12-10-5-3-4-9(7-14)13-10/h3-5,8,14H,6-7H2,1-2H3,(H,12,13). The molecule has 5 nitrogen and oxygen atoms in total. The molecule has 0 fully saturated rings. The topological polar surface area (TPSA) is 71.5 Å². The molecule has 16 heavy (non-hydrogen) atoms. The largest absolute Gasteiger partial charge is 0.462 e. The molecule has 0 saturated carbocycles. The molecule has 1 heterocycles. The minimum atomic E-state index is -0.328. The Morgan fingerprint density at radius 3 is 2.94 bits per heavy atom. The monoisotopic (exact) mass is 224 g/mol. The van der Waals surface area contributed by atoms with Crippen LogP contribution in [0.3, 0.4) is 0 Å². The van der Waals surface area contributed by atoms with E-state index in [4.69, 9.17) is 9.84 Å². The van der Waals surface area contributed by atoms with E-state index in [1.807, 2.05) is 0 Å². The first-order valence-electron chi connectivity index (χ1n) is 5.12.